The van der Waals surface area contributed by atoms with E-state index in [0.29, 0.717) is 29.7 Å². The van der Waals surface area contributed by atoms with Gasteiger partial charge in [0, 0.05) is 73.8 Å². The van der Waals surface area contributed by atoms with Gasteiger partial charge in [-0.1, -0.05) is 0 Å². The Balaban J connectivity index is 1.31. The van der Waals surface area contributed by atoms with Crippen LogP contribution in [0.15, 0.2) is 43.0 Å². The lowest BCUT2D eigenvalue weighted by molar-refractivity contribution is -0.128. The lowest BCUT2D eigenvalue weighted by Crippen LogP contribution is -2.32. The molecule has 1 amide bonds. The van der Waals surface area contributed by atoms with Crippen LogP contribution in [0.2, 0.25) is 0 Å². The highest BCUT2D eigenvalue weighted by atomic mass is 16.5. The number of anilines is 1. The van der Waals surface area contributed by atoms with E-state index in [4.69, 9.17) is 4.74 Å². The Kier molecular flexibility index (Phi) is 3.56. The number of methoxy groups -OCH3 is 1. The van der Waals surface area contributed by atoms with Gasteiger partial charge in [0.15, 0.2) is 0 Å². The number of carbonyl (C=O) groups excluding carboxylic acids is 1. The largest absolute Gasteiger partial charge is 0.479 e. The summed E-state index contributed by atoms with van der Waals surface area (Å²) in [7, 11) is 1.62. The molecular weight excluding hydrogens is 382 g/mol. The molecule has 9 heteroatoms. The number of pyridine rings is 1. The Morgan fingerprint density at radius 3 is 2.80 bits per heavy atom. The van der Waals surface area contributed by atoms with Crippen molar-refractivity contribution in [2.75, 3.05) is 25.5 Å². The molecule has 4 aromatic heterocycles. The fourth-order valence-electron chi connectivity index (χ4n) is 4.65. The van der Waals surface area contributed by atoms with Crippen LogP contribution >= 0.6 is 0 Å². The van der Waals surface area contributed by atoms with Gasteiger partial charge in [0.05, 0.1) is 7.11 Å². The summed E-state index contributed by atoms with van der Waals surface area (Å²) in [5.41, 5.74) is 3.75. The molecule has 152 valence electrons. The number of rotatable bonds is 4. The van der Waals surface area contributed by atoms with E-state index in [9.17, 15) is 4.79 Å². The Bertz CT molecular complexity index is 1280. The van der Waals surface area contributed by atoms with E-state index in [0.717, 1.165) is 35.4 Å². The molecule has 1 N–H and O–H groups in total. The fourth-order valence-corrected chi connectivity index (χ4v) is 4.65. The van der Waals surface area contributed by atoms with Gasteiger partial charge in [0.2, 0.25) is 17.7 Å². The van der Waals surface area contributed by atoms with E-state index in [1.54, 1.807) is 20.2 Å². The van der Waals surface area contributed by atoms with Crippen LogP contribution in [0.4, 0.5) is 5.95 Å². The van der Waals surface area contributed by atoms with Gasteiger partial charge >= 0.3 is 0 Å². The molecule has 1 aliphatic carbocycles. The standard InChI is InChI=1S/C21H21N7O2/c1-12(29)27-10-15-16(11-27)18(15)23-21-24-20(30-2)19-14(5-7-28(19)25-21)13-3-4-17-22-6-8-26(17)9-13/h3-9,15-16,18H,10-11H2,1-2H3,(H,23,25)/t15-,16+,18-. The molecule has 9 nitrogen and oxygen atoms in total. The molecule has 1 saturated carbocycles. The van der Waals surface area contributed by atoms with Gasteiger partial charge in [-0.15, -0.1) is 5.10 Å². The maximum absolute atomic E-state index is 11.5. The van der Waals surface area contributed by atoms with Gasteiger partial charge in [0.25, 0.3) is 0 Å². The van der Waals surface area contributed by atoms with Crippen molar-refractivity contribution < 1.29 is 9.53 Å². The first kappa shape index (κ1) is 17.3. The van der Waals surface area contributed by atoms with Gasteiger partial charge in [-0.3, -0.25) is 4.79 Å². The third-order valence-corrected chi connectivity index (χ3v) is 6.31. The van der Waals surface area contributed by atoms with Crippen molar-refractivity contribution in [2.24, 2.45) is 11.8 Å². The van der Waals surface area contributed by atoms with E-state index in [1.807, 2.05) is 50.6 Å². The molecule has 6 rings (SSSR count). The second-order valence-electron chi connectivity index (χ2n) is 8.00. The van der Waals surface area contributed by atoms with Crippen molar-refractivity contribution in [3.05, 3.63) is 43.0 Å². The average molecular weight is 403 g/mol. The summed E-state index contributed by atoms with van der Waals surface area (Å²) < 4.78 is 9.41. The molecule has 1 aliphatic heterocycles. The van der Waals surface area contributed by atoms with Crippen molar-refractivity contribution in [1.29, 1.82) is 0 Å². The third-order valence-electron chi connectivity index (χ3n) is 6.31. The van der Waals surface area contributed by atoms with Crippen molar-refractivity contribution in [1.82, 2.24) is 28.9 Å². The number of hydrogen-bond donors (Lipinski definition) is 1. The highest BCUT2D eigenvalue weighted by Crippen LogP contribution is 2.47. The van der Waals surface area contributed by atoms with Crippen LogP contribution in [-0.4, -0.2) is 61.0 Å². The Hall–Kier alpha value is -3.62. The van der Waals surface area contributed by atoms with E-state index >= 15 is 0 Å². The summed E-state index contributed by atoms with van der Waals surface area (Å²) in [6.45, 7) is 3.24. The number of carbonyl (C=O) groups is 1. The van der Waals surface area contributed by atoms with E-state index in [-0.39, 0.29) is 5.91 Å². The summed E-state index contributed by atoms with van der Waals surface area (Å²) in [6.07, 6.45) is 7.66. The van der Waals surface area contributed by atoms with Crippen LogP contribution in [-0.2, 0) is 4.79 Å². The third kappa shape index (κ3) is 2.54. The topological polar surface area (TPSA) is 89.1 Å². The van der Waals surface area contributed by atoms with Gasteiger partial charge in [-0.25, -0.2) is 9.50 Å². The molecule has 0 aromatic carbocycles. The van der Waals surface area contributed by atoms with Crippen LogP contribution in [0.3, 0.4) is 0 Å². The molecule has 1 saturated heterocycles. The van der Waals surface area contributed by atoms with Crippen LogP contribution in [0.5, 0.6) is 5.88 Å². The summed E-state index contributed by atoms with van der Waals surface area (Å²) >= 11 is 0. The second kappa shape index (κ2) is 6.19. The minimum atomic E-state index is 0.147. The molecule has 0 spiro atoms. The van der Waals surface area contributed by atoms with Crippen molar-refractivity contribution in [3.63, 3.8) is 0 Å². The molecule has 30 heavy (non-hydrogen) atoms. The highest BCUT2D eigenvalue weighted by molar-refractivity contribution is 5.84. The molecule has 5 heterocycles. The number of likely N-dealkylation sites (tertiary alicyclic amines) is 1. The van der Waals surface area contributed by atoms with Crippen molar-refractivity contribution in [2.45, 2.75) is 13.0 Å². The number of nitrogens with one attached hydrogen (secondary N) is 1. The molecule has 0 radical (unpaired) electrons. The zero-order valence-corrected chi connectivity index (χ0v) is 16.7. The van der Waals surface area contributed by atoms with Crippen LogP contribution < -0.4 is 10.1 Å². The highest BCUT2D eigenvalue weighted by Gasteiger charge is 2.56. The number of hydrogen-bond acceptors (Lipinski definition) is 6. The van der Waals surface area contributed by atoms with Crippen LogP contribution in [0, 0.1) is 11.8 Å². The van der Waals surface area contributed by atoms with Crippen LogP contribution in [0.1, 0.15) is 6.92 Å². The number of amides is 1. The average Bonchev–Trinajstić information content (AvgIpc) is 3.23. The molecule has 2 fully saturated rings. The summed E-state index contributed by atoms with van der Waals surface area (Å²) in [5, 5.41) is 8.10. The first-order chi connectivity index (χ1) is 14.6. The lowest BCUT2D eigenvalue weighted by atomic mass is 10.1. The van der Waals surface area contributed by atoms with Crippen molar-refractivity contribution in [3.8, 4) is 17.0 Å². The zero-order valence-electron chi connectivity index (χ0n) is 16.7. The first-order valence-corrected chi connectivity index (χ1v) is 10.0. The van der Waals surface area contributed by atoms with Gasteiger partial charge in [-0.2, -0.15) is 4.98 Å². The minimum absolute atomic E-state index is 0.147. The van der Waals surface area contributed by atoms with Gasteiger partial charge in [-0.05, 0) is 18.2 Å². The normalized spacial score (nSPS) is 22.5. The minimum Gasteiger partial charge on any atom is -0.479 e. The number of nitrogens with zero attached hydrogens (tertiary/aromatic N) is 6. The quantitative estimate of drug-likeness (QED) is 0.560. The number of fused-ring (bicyclic) bond motifs is 3. The van der Waals surface area contributed by atoms with Gasteiger partial charge < -0.3 is 19.4 Å². The first-order valence-electron chi connectivity index (χ1n) is 10.0. The van der Waals surface area contributed by atoms with Crippen molar-refractivity contribution >= 4 is 23.0 Å². The number of imidazole rings is 1. The molecular formula is C21H21N7O2. The molecule has 3 atom stereocenters. The monoisotopic (exact) mass is 403 g/mol. The SMILES string of the molecule is COc1nc(N[C@@H]2[C@@H]3CN(C(C)=O)C[C@@H]32)nn2ccc(-c3ccc4nccn4c3)c12. The van der Waals surface area contributed by atoms with Crippen LogP contribution in [0.25, 0.3) is 22.3 Å². The second-order valence-corrected chi connectivity index (χ2v) is 8.00. The molecule has 0 bridgehead atoms. The Morgan fingerprint density at radius 1 is 1.20 bits per heavy atom. The molecule has 4 aromatic rings. The Labute approximate surface area is 172 Å². The molecule has 2 aliphatic rings. The molecule has 0 unspecified atom stereocenters. The van der Waals surface area contributed by atoms with Gasteiger partial charge in [0.1, 0.15) is 11.2 Å². The van der Waals surface area contributed by atoms with E-state index < -0.39 is 0 Å². The summed E-state index contributed by atoms with van der Waals surface area (Å²) in [5.74, 6) is 2.16. The lowest BCUT2D eigenvalue weighted by Gasteiger charge is -2.18. The smallest absolute Gasteiger partial charge is 0.244 e. The van der Waals surface area contributed by atoms with E-state index in [1.165, 1.54) is 0 Å². The number of aromatic nitrogens is 5. The number of ether oxygens (including phenoxy) is 1. The van der Waals surface area contributed by atoms with E-state index in [2.05, 4.69) is 20.4 Å². The maximum atomic E-state index is 11.5. The maximum Gasteiger partial charge on any atom is 0.244 e. The zero-order chi connectivity index (χ0) is 20.4. The summed E-state index contributed by atoms with van der Waals surface area (Å²) in [4.78, 5) is 22.4. The summed E-state index contributed by atoms with van der Waals surface area (Å²) in [6, 6.07) is 6.35. The number of piperidine rings is 1. The fraction of sp³-hybridized carbons (Fsp3) is 0.333. The predicted octanol–water partition coefficient (Wildman–Crippen LogP) is 1.94. The predicted molar refractivity (Wildman–Crippen MR) is 110 cm³/mol. The Morgan fingerprint density at radius 2 is 2.03 bits per heavy atom.